The molecule has 7 heteroatoms. The molecular weight excluding hydrogens is 348 g/mol. The predicted octanol–water partition coefficient (Wildman–Crippen LogP) is 2.94. The first-order chi connectivity index (χ1) is 12.5. The first kappa shape index (κ1) is 20.0. The summed E-state index contributed by atoms with van der Waals surface area (Å²) >= 11 is 1.75. The Balaban J connectivity index is 1.74. The number of aliphatic imine (C=N–C) groups is 1. The fourth-order valence-corrected chi connectivity index (χ4v) is 3.45. The van der Waals surface area contributed by atoms with Crippen molar-refractivity contribution in [3.8, 4) is 11.5 Å². The van der Waals surface area contributed by atoms with Crippen LogP contribution in [0, 0.1) is 13.8 Å². The van der Waals surface area contributed by atoms with Gasteiger partial charge < -0.3 is 20.1 Å². The minimum atomic E-state index is -0.00736. The summed E-state index contributed by atoms with van der Waals surface area (Å²) in [5.74, 6) is 2.34. The van der Waals surface area contributed by atoms with E-state index >= 15 is 0 Å². The molecular formula is C19H28N4O2S. The number of aromatic nitrogens is 1. The van der Waals surface area contributed by atoms with Crippen LogP contribution < -0.4 is 20.1 Å². The van der Waals surface area contributed by atoms with Gasteiger partial charge >= 0.3 is 0 Å². The third-order valence-corrected chi connectivity index (χ3v) is 4.94. The number of hydrogen-bond donors (Lipinski definition) is 2. The maximum absolute atomic E-state index is 5.91. The summed E-state index contributed by atoms with van der Waals surface area (Å²) in [7, 11) is 3.42. The Morgan fingerprint density at radius 2 is 2.04 bits per heavy atom. The Bertz CT molecular complexity index is 730. The quantitative estimate of drug-likeness (QED) is 0.548. The van der Waals surface area contributed by atoms with Crippen molar-refractivity contribution < 1.29 is 9.47 Å². The van der Waals surface area contributed by atoms with Crippen LogP contribution in [0.3, 0.4) is 0 Å². The number of benzene rings is 1. The highest BCUT2D eigenvalue weighted by atomic mass is 32.1. The topological polar surface area (TPSA) is 67.8 Å². The van der Waals surface area contributed by atoms with Gasteiger partial charge in [-0.05, 0) is 32.9 Å². The van der Waals surface area contributed by atoms with Crippen LogP contribution in [-0.4, -0.2) is 44.3 Å². The Kier molecular flexibility index (Phi) is 7.72. The molecule has 2 rings (SSSR count). The van der Waals surface area contributed by atoms with Crippen molar-refractivity contribution in [1.29, 1.82) is 0 Å². The number of thiazole rings is 1. The second-order valence-corrected chi connectivity index (χ2v) is 7.27. The third-order valence-electron chi connectivity index (χ3n) is 3.80. The third kappa shape index (κ3) is 6.22. The van der Waals surface area contributed by atoms with Crippen molar-refractivity contribution in [2.24, 2.45) is 4.99 Å². The van der Waals surface area contributed by atoms with Gasteiger partial charge in [0.05, 0.1) is 24.4 Å². The number of rotatable bonds is 8. The zero-order valence-corrected chi connectivity index (χ0v) is 16.9. The molecule has 142 valence electrons. The van der Waals surface area contributed by atoms with Gasteiger partial charge in [-0.2, -0.15) is 0 Å². The summed E-state index contributed by atoms with van der Waals surface area (Å²) in [5.41, 5.74) is 1.12. The number of guanidine groups is 1. The van der Waals surface area contributed by atoms with Gasteiger partial charge in [0, 0.05) is 31.0 Å². The van der Waals surface area contributed by atoms with Crippen molar-refractivity contribution in [2.75, 3.05) is 27.2 Å². The molecule has 0 aliphatic carbocycles. The summed E-state index contributed by atoms with van der Waals surface area (Å²) in [4.78, 5) is 10.0. The molecule has 1 aromatic carbocycles. The maximum Gasteiger partial charge on any atom is 0.191 e. The molecule has 2 N–H and O–H groups in total. The van der Waals surface area contributed by atoms with Gasteiger partial charge in [-0.15, -0.1) is 11.3 Å². The largest absolute Gasteiger partial charge is 0.497 e. The monoisotopic (exact) mass is 376 g/mol. The number of nitrogens with one attached hydrogen (secondary N) is 2. The van der Waals surface area contributed by atoms with Crippen molar-refractivity contribution in [3.05, 3.63) is 39.8 Å². The zero-order valence-electron chi connectivity index (χ0n) is 16.1. The molecule has 1 heterocycles. The van der Waals surface area contributed by atoms with E-state index in [9.17, 15) is 0 Å². The molecule has 0 radical (unpaired) electrons. The van der Waals surface area contributed by atoms with Crippen LogP contribution in [0.5, 0.6) is 11.5 Å². The Labute approximate surface area is 159 Å². The molecule has 0 bridgehead atoms. The molecule has 0 saturated heterocycles. The van der Waals surface area contributed by atoms with Gasteiger partial charge in [0.2, 0.25) is 0 Å². The standard InChI is InChI=1S/C19H28N4O2S/c1-13(25-17-8-6-7-16(11-17)24-5)12-22-19(20-4)21-10-9-18-14(2)23-15(3)26-18/h6-8,11,13H,9-10,12H2,1-5H3,(H2,20,21,22). The summed E-state index contributed by atoms with van der Waals surface area (Å²) in [6.07, 6.45) is 0.931. The molecule has 0 amide bonds. The first-order valence-corrected chi connectivity index (χ1v) is 9.51. The van der Waals surface area contributed by atoms with E-state index in [1.165, 1.54) is 4.88 Å². The molecule has 1 unspecified atom stereocenters. The van der Waals surface area contributed by atoms with Crippen LogP contribution in [0.4, 0.5) is 0 Å². The molecule has 6 nitrogen and oxygen atoms in total. The second kappa shape index (κ2) is 10.0. The number of aryl methyl sites for hydroxylation is 2. The van der Waals surface area contributed by atoms with Gasteiger partial charge in [-0.1, -0.05) is 6.07 Å². The average molecular weight is 377 g/mol. The van der Waals surface area contributed by atoms with E-state index in [1.54, 1.807) is 25.5 Å². The van der Waals surface area contributed by atoms with E-state index in [1.807, 2.05) is 38.1 Å². The number of methoxy groups -OCH3 is 1. The van der Waals surface area contributed by atoms with E-state index in [0.717, 1.165) is 41.1 Å². The zero-order chi connectivity index (χ0) is 18.9. The lowest BCUT2D eigenvalue weighted by atomic mass is 10.3. The van der Waals surface area contributed by atoms with E-state index in [4.69, 9.17) is 9.47 Å². The fourth-order valence-electron chi connectivity index (χ4n) is 2.51. The van der Waals surface area contributed by atoms with E-state index in [0.29, 0.717) is 6.54 Å². The van der Waals surface area contributed by atoms with Gasteiger partial charge in [0.1, 0.15) is 17.6 Å². The lowest BCUT2D eigenvalue weighted by Gasteiger charge is -2.18. The van der Waals surface area contributed by atoms with Crippen LogP contribution in [0.15, 0.2) is 29.3 Å². The molecule has 0 aliphatic heterocycles. The van der Waals surface area contributed by atoms with Crippen molar-refractivity contribution in [2.45, 2.75) is 33.3 Å². The summed E-state index contributed by atoms with van der Waals surface area (Å²) < 4.78 is 11.1. The smallest absolute Gasteiger partial charge is 0.191 e. The van der Waals surface area contributed by atoms with Crippen molar-refractivity contribution in [1.82, 2.24) is 15.6 Å². The van der Waals surface area contributed by atoms with Crippen LogP contribution in [0.25, 0.3) is 0 Å². The first-order valence-electron chi connectivity index (χ1n) is 8.70. The van der Waals surface area contributed by atoms with Crippen LogP contribution >= 0.6 is 11.3 Å². The summed E-state index contributed by atoms with van der Waals surface area (Å²) in [5, 5.41) is 7.74. The second-order valence-electron chi connectivity index (χ2n) is 5.98. The van der Waals surface area contributed by atoms with E-state index < -0.39 is 0 Å². The summed E-state index contributed by atoms with van der Waals surface area (Å²) in [6, 6.07) is 7.61. The molecule has 0 spiro atoms. The lowest BCUT2D eigenvalue weighted by molar-refractivity contribution is 0.223. The molecule has 2 aromatic rings. The average Bonchev–Trinajstić information content (AvgIpc) is 2.95. The highest BCUT2D eigenvalue weighted by Gasteiger charge is 2.08. The van der Waals surface area contributed by atoms with Crippen LogP contribution in [0.2, 0.25) is 0 Å². The SMILES string of the molecule is CN=C(NCCc1sc(C)nc1C)NCC(C)Oc1cccc(OC)c1. The van der Waals surface area contributed by atoms with Crippen molar-refractivity contribution in [3.63, 3.8) is 0 Å². The summed E-state index contributed by atoms with van der Waals surface area (Å²) in [6.45, 7) is 7.58. The van der Waals surface area contributed by atoms with Gasteiger partial charge in [0.15, 0.2) is 5.96 Å². The highest BCUT2D eigenvalue weighted by Crippen LogP contribution is 2.20. The molecule has 1 atom stereocenters. The molecule has 0 saturated carbocycles. The molecule has 1 aromatic heterocycles. The number of hydrogen-bond acceptors (Lipinski definition) is 5. The minimum absolute atomic E-state index is 0.00736. The van der Waals surface area contributed by atoms with Gasteiger partial charge in [-0.3, -0.25) is 4.99 Å². The Hall–Kier alpha value is -2.28. The number of nitrogens with zero attached hydrogens (tertiary/aromatic N) is 2. The molecule has 0 aliphatic rings. The van der Waals surface area contributed by atoms with Crippen LogP contribution in [-0.2, 0) is 6.42 Å². The lowest BCUT2D eigenvalue weighted by Crippen LogP contribution is -2.42. The van der Waals surface area contributed by atoms with Gasteiger partial charge in [0.25, 0.3) is 0 Å². The minimum Gasteiger partial charge on any atom is -0.497 e. The molecule has 0 fully saturated rings. The normalized spacial score (nSPS) is 12.6. The fraction of sp³-hybridized carbons (Fsp3) is 0.474. The van der Waals surface area contributed by atoms with E-state index in [2.05, 4.69) is 27.5 Å². The van der Waals surface area contributed by atoms with E-state index in [-0.39, 0.29) is 6.10 Å². The Morgan fingerprint density at radius 3 is 2.69 bits per heavy atom. The van der Waals surface area contributed by atoms with Crippen molar-refractivity contribution >= 4 is 17.3 Å². The molecule has 26 heavy (non-hydrogen) atoms. The van der Waals surface area contributed by atoms with Gasteiger partial charge in [-0.25, -0.2) is 4.98 Å². The Morgan fingerprint density at radius 1 is 1.27 bits per heavy atom. The van der Waals surface area contributed by atoms with Crippen LogP contribution in [0.1, 0.15) is 22.5 Å². The predicted molar refractivity (Wildman–Crippen MR) is 108 cm³/mol. The number of ether oxygens (including phenoxy) is 2. The maximum atomic E-state index is 5.91. The highest BCUT2D eigenvalue weighted by molar-refractivity contribution is 7.11.